The molecule has 2 aromatic carbocycles. The van der Waals surface area contributed by atoms with Crippen molar-refractivity contribution in [3.63, 3.8) is 0 Å². The average Bonchev–Trinajstić information content (AvgIpc) is 2.28. The summed E-state index contributed by atoms with van der Waals surface area (Å²) in [7, 11) is 0. The second-order valence-electron chi connectivity index (χ2n) is 4.44. The van der Waals surface area contributed by atoms with E-state index in [1.165, 1.54) is 6.92 Å². The van der Waals surface area contributed by atoms with E-state index >= 15 is 0 Å². The Morgan fingerprint density at radius 3 is 2.47 bits per heavy atom. The summed E-state index contributed by atoms with van der Waals surface area (Å²) in [4.78, 5) is 10.8. The summed E-state index contributed by atoms with van der Waals surface area (Å²) in [6.45, 7) is 1.31. The number of aliphatic hydroxyl groups is 1. The molecule has 0 aliphatic rings. The molecule has 0 fully saturated rings. The van der Waals surface area contributed by atoms with E-state index in [0.29, 0.717) is 0 Å². The number of rotatable bonds is 3. The molecule has 3 heteroatoms. The Balaban J connectivity index is 2.34. The van der Waals surface area contributed by atoms with Gasteiger partial charge in [-0.25, -0.2) is 4.79 Å². The topological polar surface area (TPSA) is 57.5 Å². The van der Waals surface area contributed by atoms with Gasteiger partial charge in [-0.2, -0.15) is 0 Å². The van der Waals surface area contributed by atoms with Crippen LogP contribution in [0.3, 0.4) is 0 Å². The molecule has 0 saturated heterocycles. The number of hydrogen-bond acceptors (Lipinski definition) is 2. The summed E-state index contributed by atoms with van der Waals surface area (Å²) in [5, 5.41) is 20.7. The van der Waals surface area contributed by atoms with Crippen LogP contribution in [-0.4, -0.2) is 21.8 Å². The fourth-order valence-corrected chi connectivity index (χ4v) is 1.82. The zero-order valence-electron chi connectivity index (χ0n) is 9.55. The standard InChI is InChI=1S/C14H14O3/c1-14(17,13(15)16)9-10-6-7-11-4-2-3-5-12(11)8-10/h2-8,17H,9H2,1H3,(H,15,16). The lowest BCUT2D eigenvalue weighted by atomic mass is 9.95. The van der Waals surface area contributed by atoms with E-state index in [4.69, 9.17) is 5.11 Å². The lowest BCUT2D eigenvalue weighted by molar-refractivity contribution is -0.156. The number of fused-ring (bicyclic) bond motifs is 1. The first-order valence-corrected chi connectivity index (χ1v) is 5.42. The average molecular weight is 230 g/mol. The van der Waals surface area contributed by atoms with Crippen LogP contribution in [0.2, 0.25) is 0 Å². The van der Waals surface area contributed by atoms with Crippen LogP contribution in [0, 0.1) is 0 Å². The summed E-state index contributed by atoms with van der Waals surface area (Å²) in [5.41, 5.74) is -0.904. The summed E-state index contributed by atoms with van der Waals surface area (Å²) in [5.74, 6) is -1.20. The lowest BCUT2D eigenvalue weighted by Crippen LogP contribution is -2.37. The van der Waals surface area contributed by atoms with Gasteiger partial charge in [-0.1, -0.05) is 42.5 Å². The van der Waals surface area contributed by atoms with Crippen LogP contribution in [0.1, 0.15) is 12.5 Å². The Labute approximate surface area is 99.3 Å². The summed E-state index contributed by atoms with van der Waals surface area (Å²) in [6, 6.07) is 13.5. The lowest BCUT2D eigenvalue weighted by Gasteiger charge is -2.17. The minimum atomic E-state index is -1.72. The molecular weight excluding hydrogens is 216 g/mol. The molecule has 1 unspecified atom stereocenters. The number of benzene rings is 2. The van der Waals surface area contributed by atoms with Gasteiger partial charge in [0.2, 0.25) is 0 Å². The molecule has 0 spiro atoms. The molecule has 2 aromatic rings. The van der Waals surface area contributed by atoms with Crippen molar-refractivity contribution in [1.82, 2.24) is 0 Å². The molecule has 3 nitrogen and oxygen atoms in total. The number of hydrogen-bond donors (Lipinski definition) is 2. The zero-order valence-corrected chi connectivity index (χ0v) is 9.55. The van der Waals surface area contributed by atoms with Gasteiger partial charge in [-0.05, 0) is 23.3 Å². The first kappa shape index (κ1) is 11.6. The fourth-order valence-electron chi connectivity index (χ4n) is 1.82. The third-order valence-corrected chi connectivity index (χ3v) is 2.82. The van der Waals surface area contributed by atoms with Crippen molar-refractivity contribution in [3.8, 4) is 0 Å². The van der Waals surface area contributed by atoms with E-state index in [-0.39, 0.29) is 6.42 Å². The van der Waals surface area contributed by atoms with Crippen molar-refractivity contribution in [2.75, 3.05) is 0 Å². The van der Waals surface area contributed by atoms with E-state index in [0.717, 1.165) is 16.3 Å². The minimum absolute atomic E-state index is 0.104. The smallest absolute Gasteiger partial charge is 0.335 e. The van der Waals surface area contributed by atoms with Crippen molar-refractivity contribution in [2.45, 2.75) is 18.9 Å². The molecule has 0 radical (unpaired) electrons. The van der Waals surface area contributed by atoms with Gasteiger partial charge in [-0.15, -0.1) is 0 Å². The summed E-state index contributed by atoms with van der Waals surface area (Å²) < 4.78 is 0. The Kier molecular flexibility index (Phi) is 2.86. The first-order valence-electron chi connectivity index (χ1n) is 5.42. The Morgan fingerprint density at radius 2 is 1.82 bits per heavy atom. The SMILES string of the molecule is CC(O)(Cc1ccc2ccccc2c1)C(=O)O. The molecule has 0 aromatic heterocycles. The highest BCUT2D eigenvalue weighted by molar-refractivity contribution is 5.83. The van der Waals surface area contributed by atoms with Crippen molar-refractivity contribution < 1.29 is 15.0 Å². The van der Waals surface area contributed by atoms with Gasteiger partial charge in [0.05, 0.1) is 0 Å². The number of carboxylic acid groups (broad SMARTS) is 1. The molecule has 0 aliphatic heterocycles. The van der Waals surface area contributed by atoms with Crippen molar-refractivity contribution in [1.29, 1.82) is 0 Å². The summed E-state index contributed by atoms with van der Waals surface area (Å²) >= 11 is 0. The van der Waals surface area contributed by atoms with E-state index in [1.54, 1.807) is 0 Å². The Morgan fingerprint density at radius 1 is 1.18 bits per heavy atom. The van der Waals surface area contributed by atoms with Gasteiger partial charge in [0.1, 0.15) is 0 Å². The predicted octanol–water partition coefficient (Wildman–Crippen LogP) is 2.22. The largest absolute Gasteiger partial charge is 0.479 e. The van der Waals surface area contributed by atoms with E-state index in [9.17, 15) is 9.90 Å². The van der Waals surface area contributed by atoms with Gasteiger partial charge < -0.3 is 10.2 Å². The second kappa shape index (κ2) is 4.18. The number of carbonyl (C=O) groups is 1. The zero-order chi connectivity index (χ0) is 12.5. The maximum Gasteiger partial charge on any atom is 0.335 e. The number of aliphatic carboxylic acids is 1. The predicted molar refractivity (Wildman–Crippen MR) is 65.9 cm³/mol. The summed E-state index contributed by atoms with van der Waals surface area (Å²) in [6.07, 6.45) is 0.104. The van der Waals surface area contributed by atoms with Gasteiger partial charge in [0, 0.05) is 6.42 Å². The second-order valence-corrected chi connectivity index (χ2v) is 4.44. The van der Waals surface area contributed by atoms with Crippen LogP contribution >= 0.6 is 0 Å². The molecule has 17 heavy (non-hydrogen) atoms. The Bertz CT molecular complexity index is 558. The van der Waals surface area contributed by atoms with Crippen molar-refractivity contribution in [3.05, 3.63) is 48.0 Å². The van der Waals surface area contributed by atoms with E-state index in [2.05, 4.69) is 0 Å². The molecule has 0 amide bonds. The molecule has 2 N–H and O–H groups in total. The molecule has 0 aliphatic carbocycles. The highest BCUT2D eigenvalue weighted by Crippen LogP contribution is 2.19. The molecule has 0 bridgehead atoms. The van der Waals surface area contributed by atoms with Crippen LogP contribution in [0.15, 0.2) is 42.5 Å². The van der Waals surface area contributed by atoms with Crippen LogP contribution in [-0.2, 0) is 11.2 Å². The van der Waals surface area contributed by atoms with Crippen LogP contribution in [0.4, 0.5) is 0 Å². The minimum Gasteiger partial charge on any atom is -0.479 e. The maximum atomic E-state index is 10.8. The maximum absolute atomic E-state index is 10.8. The van der Waals surface area contributed by atoms with Crippen LogP contribution in [0.25, 0.3) is 10.8 Å². The van der Waals surface area contributed by atoms with Gasteiger partial charge in [0.15, 0.2) is 5.60 Å². The van der Waals surface area contributed by atoms with Gasteiger partial charge in [0.25, 0.3) is 0 Å². The van der Waals surface area contributed by atoms with E-state index in [1.807, 2.05) is 42.5 Å². The van der Waals surface area contributed by atoms with Crippen molar-refractivity contribution in [2.24, 2.45) is 0 Å². The Hall–Kier alpha value is -1.87. The molecule has 1 atom stereocenters. The quantitative estimate of drug-likeness (QED) is 0.850. The number of carboxylic acids is 1. The molecular formula is C14H14O3. The van der Waals surface area contributed by atoms with Gasteiger partial charge in [-0.3, -0.25) is 0 Å². The fraction of sp³-hybridized carbons (Fsp3) is 0.214. The molecule has 0 heterocycles. The molecule has 88 valence electrons. The third-order valence-electron chi connectivity index (χ3n) is 2.82. The monoisotopic (exact) mass is 230 g/mol. The normalized spacial score (nSPS) is 14.5. The highest BCUT2D eigenvalue weighted by Gasteiger charge is 2.29. The first-order chi connectivity index (χ1) is 7.99. The highest BCUT2D eigenvalue weighted by atomic mass is 16.4. The van der Waals surface area contributed by atoms with Crippen LogP contribution < -0.4 is 0 Å². The van der Waals surface area contributed by atoms with E-state index < -0.39 is 11.6 Å². The van der Waals surface area contributed by atoms with Crippen LogP contribution in [0.5, 0.6) is 0 Å². The van der Waals surface area contributed by atoms with Crippen molar-refractivity contribution >= 4 is 16.7 Å². The molecule has 2 rings (SSSR count). The van der Waals surface area contributed by atoms with Gasteiger partial charge >= 0.3 is 5.97 Å². The third kappa shape index (κ3) is 2.45. The molecule has 0 saturated carbocycles.